The summed E-state index contributed by atoms with van der Waals surface area (Å²) < 4.78 is 20.7. The van der Waals surface area contributed by atoms with E-state index in [1.807, 2.05) is 19.3 Å². The molecule has 1 aliphatic rings. The van der Waals surface area contributed by atoms with Crippen LogP contribution in [0, 0.1) is 0 Å². The molecule has 1 aliphatic heterocycles. The molecule has 1 fully saturated rings. The maximum Gasteiger partial charge on any atom is 0.414 e. The molecule has 0 spiro atoms. The zero-order valence-electron chi connectivity index (χ0n) is 21.4. The molecule has 1 amide bonds. The average molecular weight is 507 g/mol. The van der Waals surface area contributed by atoms with Crippen molar-refractivity contribution < 1.29 is 23.5 Å². The summed E-state index contributed by atoms with van der Waals surface area (Å²) in [7, 11) is 3.56. The normalized spacial score (nSPS) is 17.7. The summed E-state index contributed by atoms with van der Waals surface area (Å²) in [5.41, 5.74) is 2.56. The van der Waals surface area contributed by atoms with Gasteiger partial charge >= 0.3 is 6.09 Å². The van der Waals surface area contributed by atoms with Crippen LogP contribution in [0.1, 0.15) is 49.2 Å². The molecule has 1 saturated heterocycles. The third-order valence-electron chi connectivity index (χ3n) is 6.59. The highest BCUT2D eigenvalue weighted by molar-refractivity contribution is 6.17. The number of aromatic nitrogens is 5. The molecule has 2 unspecified atom stereocenters. The third kappa shape index (κ3) is 4.74. The minimum absolute atomic E-state index is 0.000984. The van der Waals surface area contributed by atoms with E-state index in [1.165, 1.54) is 6.20 Å². The number of anilines is 1. The highest BCUT2D eigenvalue weighted by Crippen LogP contribution is 2.40. The van der Waals surface area contributed by atoms with Gasteiger partial charge in [0.25, 0.3) is 0 Å². The number of aryl methyl sites for hydroxylation is 2. The van der Waals surface area contributed by atoms with E-state index in [1.54, 1.807) is 46.8 Å². The fraction of sp³-hybridized carbons (Fsp3) is 0.423. The molecule has 0 N–H and O–H groups in total. The SMILES string of the molecule is CCOC(=O)N(c1c(C(=O)c2cnn(C)c2)oc2cnc(-c3cnn(C)c3)cc12)C1CCOC(CC)C1. The van der Waals surface area contributed by atoms with Gasteiger partial charge in [0.2, 0.25) is 5.78 Å². The van der Waals surface area contributed by atoms with Crippen molar-refractivity contribution in [2.24, 2.45) is 14.1 Å². The van der Waals surface area contributed by atoms with Crippen molar-refractivity contribution in [1.82, 2.24) is 24.5 Å². The van der Waals surface area contributed by atoms with Crippen LogP contribution in [0.4, 0.5) is 10.5 Å². The second-order valence-corrected chi connectivity index (χ2v) is 9.13. The first-order chi connectivity index (χ1) is 17.9. The lowest BCUT2D eigenvalue weighted by Gasteiger charge is -2.36. The fourth-order valence-corrected chi connectivity index (χ4v) is 4.76. The van der Waals surface area contributed by atoms with Crippen LogP contribution >= 0.6 is 0 Å². The number of hydrogen-bond acceptors (Lipinski definition) is 8. The van der Waals surface area contributed by atoms with Gasteiger partial charge < -0.3 is 13.9 Å². The molecular weight excluding hydrogens is 476 g/mol. The smallest absolute Gasteiger partial charge is 0.414 e. The largest absolute Gasteiger partial charge is 0.449 e. The number of ketones is 1. The van der Waals surface area contributed by atoms with E-state index in [2.05, 4.69) is 22.1 Å². The van der Waals surface area contributed by atoms with Crippen molar-refractivity contribution >= 4 is 28.5 Å². The lowest BCUT2D eigenvalue weighted by molar-refractivity contribution is 0.00468. The van der Waals surface area contributed by atoms with Gasteiger partial charge in [0.15, 0.2) is 11.3 Å². The molecule has 11 nitrogen and oxygen atoms in total. The lowest BCUT2D eigenvalue weighted by Crippen LogP contribution is -2.46. The molecule has 4 aromatic heterocycles. The lowest BCUT2D eigenvalue weighted by atomic mass is 9.98. The van der Waals surface area contributed by atoms with Crippen molar-refractivity contribution in [3.63, 3.8) is 0 Å². The molecule has 11 heteroatoms. The summed E-state index contributed by atoms with van der Waals surface area (Å²) in [4.78, 5) is 33.3. The molecule has 2 atom stereocenters. The van der Waals surface area contributed by atoms with Gasteiger partial charge in [0, 0.05) is 50.1 Å². The molecule has 5 rings (SSSR count). The number of hydrogen-bond donors (Lipinski definition) is 0. The highest BCUT2D eigenvalue weighted by atomic mass is 16.6. The molecule has 0 bridgehead atoms. The fourth-order valence-electron chi connectivity index (χ4n) is 4.76. The first kappa shape index (κ1) is 24.7. The van der Waals surface area contributed by atoms with Crippen LogP contribution in [0.2, 0.25) is 0 Å². The Balaban J connectivity index is 1.72. The summed E-state index contributed by atoms with van der Waals surface area (Å²) in [6, 6.07) is 1.59. The standard InChI is InChI=1S/C26H30N6O5/c1-5-19-9-18(7-8-36-19)32(26(34)35-6-2)23-20-10-21(16-11-28-30(3)14-16)27-13-22(20)37-25(23)24(33)17-12-29-31(4)15-17/h10-15,18-19H,5-9H2,1-4H3. The number of nitrogens with zero attached hydrogens (tertiary/aromatic N) is 6. The number of carbonyl (C=O) groups excluding carboxylic acids is 2. The Morgan fingerprint density at radius 3 is 2.59 bits per heavy atom. The van der Waals surface area contributed by atoms with E-state index < -0.39 is 6.09 Å². The molecule has 0 radical (unpaired) electrons. The van der Waals surface area contributed by atoms with E-state index in [0.717, 1.165) is 12.0 Å². The Morgan fingerprint density at radius 2 is 1.92 bits per heavy atom. The van der Waals surface area contributed by atoms with Gasteiger partial charge in [-0.3, -0.25) is 24.0 Å². The Labute approximate surface area is 214 Å². The summed E-state index contributed by atoms with van der Waals surface area (Å²) in [6.07, 6.45) is 9.73. The monoisotopic (exact) mass is 506 g/mol. The van der Waals surface area contributed by atoms with Gasteiger partial charge in [-0.2, -0.15) is 10.2 Å². The molecule has 194 valence electrons. The van der Waals surface area contributed by atoms with E-state index in [0.29, 0.717) is 47.4 Å². The predicted molar refractivity (Wildman–Crippen MR) is 135 cm³/mol. The third-order valence-corrected chi connectivity index (χ3v) is 6.59. The number of furan rings is 1. The van der Waals surface area contributed by atoms with Crippen molar-refractivity contribution in [3.8, 4) is 11.3 Å². The summed E-state index contributed by atoms with van der Waals surface area (Å²) >= 11 is 0. The summed E-state index contributed by atoms with van der Waals surface area (Å²) in [5, 5.41) is 8.97. The molecule has 0 saturated carbocycles. The van der Waals surface area contributed by atoms with Gasteiger partial charge in [-0.25, -0.2) is 4.79 Å². The van der Waals surface area contributed by atoms with Crippen LogP contribution < -0.4 is 4.90 Å². The average Bonchev–Trinajstić information content (AvgIpc) is 3.62. The van der Waals surface area contributed by atoms with E-state index in [-0.39, 0.29) is 30.3 Å². The van der Waals surface area contributed by atoms with Crippen LogP contribution in [0.25, 0.3) is 22.2 Å². The highest BCUT2D eigenvalue weighted by Gasteiger charge is 2.37. The molecule has 37 heavy (non-hydrogen) atoms. The topological polar surface area (TPSA) is 118 Å². The zero-order chi connectivity index (χ0) is 26.1. The number of pyridine rings is 1. The molecule has 0 aliphatic carbocycles. The van der Waals surface area contributed by atoms with Gasteiger partial charge in [0.1, 0.15) is 5.69 Å². The van der Waals surface area contributed by atoms with Crippen molar-refractivity contribution in [2.45, 2.75) is 45.3 Å². The van der Waals surface area contributed by atoms with Gasteiger partial charge in [-0.05, 0) is 32.3 Å². The first-order valence-electron chi connectivity index (χ1n) is 12.4. The number of carbonyl (C=O) groups is 2. The number of fused-ring (bicyclic) bond motifs is 1. The van der Waals surface area contributed by atoms with E-state index in [9.17, 15) is 9.59 Å². The van der Waals surface area contributed by atoms with Crippen molar-refractivity contribution in [1.29, 1.82) is 0 Å². The quantitative estimate of drug-likeness (QED) is 0.344. The number of rotatable bonds is 7. The number of ether oxygens (including phenoxy) is 2. The molecular formula is C26H30N6O5. The minimum Gasteiger partial charge on any atom is -0.449 e. The maximum atomic E-state index is 13.7. The number of amides is 1. The van der Waals surface area contributed by atoms with Crippen LogP contribution in [0.5, 0.6) is 0 Å². The Hall–Kier alpha value is -3.99. The summed E-state index contributed by atoms with van der Waals surface area (Å²) in [5.74, 6) is -0.337. The van der Waals surface area contributed by atoms with Crippen LogP contribution in [0.15, 0.2) is 41.5 Å². The second kappa shape index (κ2) is 10.2. The molecule has 4 aromatic rings. The van der Waals surface area contributed by atoms with Gasteiger partial charge in [0.05, 0.1) is 42.6 Å². The van der Waals surface area contributed by atoms with Crippen LogP contribution in [-0.2, 0) is 23.6 Å². The van der Waals surface area contributed by atoms with Crippen molar-refractivity contribution in [2.75, 3.05) is 18.1 Å². The van der Waals surface area contributed by atoms with Crippen LogP contribution in [0.3, 0.4) is 0 Å². The Morgan fingerprint density at radius 1 is 1.14 bits per heavy atom. The first-order valence-corrected chi connectivity index (χ1v) is 12.4. The van der Waals surface area contributed by atoms with E-state index in [4.69, 9.17) is 13.9 Å². The van der Waals surface area contributed by atoms with Crippen LogP contribution in [-0.4, -0.2) is 61.8 Å². The molecule has 0 aromatic carbocycles. The summed E-state index contributed by atoms with van der Waals surface area (Å²) in [6.45, 7) is 4.51. The Kier molecular flexibility index (Phi) is 6.79. The molecule has 5 heterocycles. The second-order valence-electron chi connectivity index (χ2n) is 9.13. The maximum absolute atomic E-state index is 13.7. The van der Waals surface area contributed by atoms with Gasteiger partial charge in [-0.1, -0.05) is 6.92 Å². The predicted octanol–water partition coefficient (Wildman–Crippen LogP) is 4.11. The zero-order valence-corrected chi connectivity index (χ0v) is 21.4. The minimum atomic E-state index is -0.535. The van der Waals surface area contributed by atoms with Crippen molar-refractivity contribution in [3.05, 3.63) is 48.4 Å². The van der Waals surface area contributed by atoms with Gasteiger partial charge in [-0.15, -0.1) is 0 Å². The van der Waals surface area contributed by atoms with E-state index >= 15 is 0 Å². The Bertz CT molecular complexity index is 1440.